The van der Waals surface area contributed by atoms with E-state index in [0.717, 1.165) is 5.56 Å². The zero-order valence-corrected chi connectivity index (χ0v) is 8.66. The number of benzene rings is 1. The Morgan fingerprint density at radius 2 is 1.94 bits per heavy atom. The summed E-state index contributed by atoms with van der Waals surface area (Å²) in [6.45, 7) is 0.125. The smallest absolute Gasteiger partial charge is 0.265 e. The van der Waals surface area contributed by atoms with E-state index in [1.165, 1.54) is 0 Å². The van der Waals surface area contributed by atoms with E-state index in [-0.39, 0.29) is 13.1 Å². The third-order valence-corrected chi connectivity index (χ3v) is 1.86. The molecule has 0 aliphatic heterocycles. The number of hydrogen-bond acceptors (Lipinski definition) is 2. The van der Waals surface area contributed by atoms with Crippen LogP contribution in [0.25, 0.3) is 0 Å². The highest BCUT2D eigenvalue weighted by Crippen LogP contribution is 1.98. The monoisotopic (exact) mass is 225 g/mol. The standard InChI is InChI=1S/C12H13F2NO/c13-12(14)11(16)9-15-8-4-7-10-5-2-1-3-6-10/h1-3,5-6,11-12,15-16H,8-9H2. The summed E-state index contributed by atoms with van der Waals surface area (Å²) in [7, 11) is 0. The molecule has 0 aliphatic carbocycles. The molecule has 0 heterocycles. The SMILES string of the molecule is OC(CNCC#Cc1ccccc1)C(F)F. The Kier molecular flexibility index (Phi) is 5.48. The molecule has 0 fully saturated rings. The Bertz CT molecular complexity index is 356. The molecule has 0 radical (unpaired) electrons. The first-order valence-electron chi connectivity index (χ1n) is 4.91. The lowest BCUT2D eigenvalue weighted by atomic mass is 10.2. The Morgan fingerprint density at radius 3 is 2.56 bits per heavy atom. The van der Waals surface area contributed by atoms with Crippen LogP contribution in [0, 0.1) is 11.8 Å². The van der Waals surface area contributed by atoms with E-state index in [9.17, 15) is 8.78 Å². The van der Waals surface area contributed by atoms with Crippen molar-refractivity contribution in [2.75, 3.05) is 13.1 Å². The van der Waals surface area contributed by atoms with Gasteiger partial charge in [0.05, 0.1) is 6.54 Å². The van der Waals surface area contributed by atoms with Crippen molar-refractivity contribution in [2.24, 2.45) is 0 Å². The minimum absolute atomic E-state index is 0.152. The van der Waals surface area contributed by atoms with Crippen LogP contribution >= 0.6 is 0 Å². The number of hydrogen-bond donors (Lipinski definition) is 2. The molecular weight excluding hydrogens is 212 g/mol. The van der Waals surface area contributed by atoms with Crippen molar-refractivity contribution in [3.8, 4) is 11.8 Å². The summed E-state index contributed by atoms with van der Waals surface area (Å²) in [6, 6.07) is 9.36. The van der Waals surface area contributed by atoms with Gasteiger partial charge in [-0.3, -0.25) is 0 Å². The first-order chi connectivity index (χ1) is 7.70. The molecule has 1 rings (SSSR count). The van der Waals surface area contributed by atoms with Gasteiger partial charge in [-0.15, -0.1) is 0 Å². The summed E-state index contributed by atoms with van der Waals surface area (Å²) in [6.07, 6.45) is -4.34. The molecule has 0 saturated carbocycles. The molecule has 86 valence electrons. The Balaban J connectivity index is 2.24. The second-order valence-corrected chi connectivity index (χ2v) is 3.20. The van der Waals surface area contributed by atoms with Gasteiger partial charge in [0.1, 0.15) is 6.10 Å². The summed E-state index contributed by atoms with van der Waals surface area (Å²) in [5.41, 5.74) is 0.874. The minimum Gasteiger partial charge on any atom is -0.386 e. The van der Waals surface area contributed by atoms with Crippen LogP contribution in [0.1, 0.15) is 5.56 Å². The summed E-state index contributed by atoms with van der Waals surface area (Å²) in [4.78, 5) is 0. The Morgan fingerprint density at radius 1 is 1.25 bits per heavy atom. The topological polar surface area (TPSA) is 32.3 Å². The Labute approximate surface area is 93.3 Å². The molecule has 1 aromatic carbocycles. The maximum atomic E-state index is 11.9. The molecule has 1 aromatic rings. The quantitative estimate of drug-likeness (QED) is 0.597. The highest BCUT2D eigenvalue weighted by molar-refractivity contribution is 5.33. The molecule has 0 aromatic heterocycles. The van der Waals surface area contributed by atoms with Crippen LogP contribution in [0.2, 0.25) is 0 Å². The molecule has 0 amide bonds. The highest BCUT2D eigenvalue weighted by atomic mass is 19.3. The van der Waals surface area contributed by atoms with Crippen LogP contribution in [0.4, 0.5) is 8.78 Å². The van der Waals surface area contributed by atoms with Crippen LogP contribution in [0.5, 0.6) is 0 Å². The molecule has 0 spiro atoms. The maximum absolute atomic E-state index is 11.9. The lowest BCUT2D eigenvalue weighted by Crippen LogP contribution is -2.32. The predicted octanol–water partition coefficient (Wildman–Crippen LogP) is 1.25. The van der Waals surface area contributed by atoms with Crippen molar-refractivity contribution < 1.29 is 13.9 Å². The van der Waals surface area contributed by atoms with Crippen molar-refractivity contribution in [2.45, 2.75) is 12.5 Å². The van der Waals surface area contributed by atoms with E-state index in [2.05, 4.69) is 17.2 Å². The highest BCUT2D eigenvalue weighted by Gasteiger charge is 2.14. The van der Waals surface area contributed by atoms with E-state index in [1.807, 2.05) is 30.3 Å². The molecule has 2 nitrogen and oxygen atoms in total. The molecule has 2 N–H and O–H groups in total. The van der Waals surface area contributed by atoms with E-state index in [1.54, 1.807) is 0 Å². The van der Waals surface area contributed by atoms with E-state index >= 15 is 0 Å². The molecule has 1 unspecified atom stereocenters. The van der Waals surface area contributed by atoms with Gasteiger partial charge >= 0.3 is 0 Å². The van der Waals surface area contributed by atoms with Gasteiger partial charge in [-0.25, -0.2) is 8.78 Å². The summed E-state index contributed by atoms with van der Waals surface area (Å²) < 4.78 is 23.8. The van der Waals surface area contributed by atoms with Crippen molar-refractivity contribution in [1.82, 2.24) is 5.32 Å². The van der Waals surface area contributed by atoms with Gasteiger partial charge in [0.25, 0.3) is 6.43 Å². The number of rotatable bonds is 4. The summed E-state index contributed by atoms with van der Waals surface area (Å²) in [5.74, 6) is 5.64. The molecule has 4 heteroatoms. The van der Waals surface area contributed by atoms with Gasteiger partial charge in [0.2, 0.25) is 0 Å². The van der Waals surface area contributed by atoms with Crippen molar-refractivity contribution >= 4 is 0 Å². The van der Waals surface area contributed by atoms with Crippen LogP contribution < -0.4 is 5.32 Å². The second-order valence-electron chi connectivity index (χ2n) is 3.20. The van der Waals surface area contributed by atoms with Crippen LogP contribution in [-0.4, -0.2) is 30.7 Å². The van der Waals surface area contributed by atoms with E-state index in [0.29, 0.717) is 0 Å². The van der Waals surface area contributed by atoms with Crippen molar-refractivity contribution in [3.63, 3.8) is 0 Å². The van der Waals surface area contributed by atoms with Gasteiger partial charge in [-0.1, -0.05) is 30.0 Å². The first-order valence-corrected chi connectivity index (χ1v) is 4.91. The van der Waals surface area contributed by atoms with Gasteiger partial charge in [-0.2, -0.15) is 0 Å². The lowest BCUT2D eigenvalue weighted by molar-refractivity contribution is -0.00268. The summed E-state index contributed by atoms with van der Waals surface area (Å²) >= 11 is 0. The minimum atomic E-state index is -2.71. The number of aliphatic hydroxyl groups excluding tert-OH is 1. The fourth-order valence-corrected chi connectivity index (χ4v) is 1.04. The van der Waals surface area contributed by atoms with Gasteiger partial charge in [0.15, 0.2) is 0 Å². The first kappa shape index (κ1) is 12.6. The largest absolute Gasteiger partial charge is 0.386 e. The normalized spacial score (nSPS) is 12.0. The lowest BCUT2D eigenvalue weighted by Gasteiger charge is -2.07. The van der Waals surface area contributed by atoms with Crippen molar-refractivity contribution in [1.29, 1.82) is 0 Å². The zero-order valence-electron chi connectivity index (χ0n) is 8.66. The fraction of sp³-hybridized carbons (Fsp3) is 0.333. The van der Waals surface area contributed by atoms with Gasteiger partial charge in [-0.05, 0) is 12.1 Å². The molecule has 0 saturated heterocycles. The number of aliphatic hydroxyl groups is 1. The molecule has 0 aliphatic rings. The van der Waals surface area contributed by atoms with E-state index < -0.39 is 12.5 Å². The van der Waals surface area contributed by atoms with Crippen LogP contribution in [0.3, 0.4) is 0 Å². The molecular formula is C12H13F2NO. The molecule has 1 atom stereocenters. The van der Waals surface area contributed by atoms with Crippen molar-refractivity contribution in [3.05, 3.63) is 35.9 Å². The summed E-state index contributed by atoms with van der Waals surface area (Å²) in [5, 5.41) is 11.4. The number of alkyl halides is 2. The van der Waals surface area contributed by atoms with E-state index in [4.69, 9.17) is 5.11 Å². The third kappa shape index (κ3) is 4.87. The van der Waals surface area contributed by atoms with Gasteiger partial charge in [0, 0.05) is 12.1 Å². The number of halogens is 2. The molecule has 0 bridgehead atoms. The van der Waals surface area contributed by atoms with Crippen LogP contribution in [0.15, 0.2) is 30.3 Å². The van der Waals surface area contributed by atoms with Crippen LogP contribution in [-0.2, 0) is 0 Å². The zero-order chi connectivity index (χ0) is 11.8. The average molecular weight is 225 g/mol. The predicted molar refractivity (Wildman–Crippen MR) is 58.2 cm³/mol. The number of nitrogens with one attached hydrogen (secondary N) is 1. The fourth-order valence-electron chi connectivity index (χ4n) is 1.04. The molecule has 16 heavy (non-hydrogen) atoms. The third-order valence-electron chi connectivity index (χ3n) is 1.86. The maximum Gasteiger partial charge on any atom is 0.265 e. The average Bonchev–Trinajstić information content (AvgIpc) is 2.29. The second kappa shape index (κ2) is 6.94. The van der Waals surface area contributed by atoms with Gasteiger partial charge < -0.3 is 10.4 Å². The Hall–Kier alpha value is -1.44.